The second-order valence-electron chi connectivity index (χ2n) is 6.02. The van der Waals surface area contributed by atoms with Gasteiger partial charge in [0, 0.05) is 12.7 Å². The molecule has 1 N–H and O–H groups in total. The van der Waals surface area contributed by atoms with Crippen LogP contribution in [0.25, 0.3) is 11.5 Å². The first kappa shape index (κ1) is 16.2. The Morgan fingerprint density at radius 2 is 2.35 bits per heavy atom. The molecule has 2 aromatic rings. The number of hydrogen-bond donors (Lipinski definition) is 1. The maximum absolute atomic E-state index is 12.6. The van der Waals surface area contributed by atoms with Crippen LogP contribution in [0.15, 0.2) is 22.9 Å². The molecule has 23 heavy (non-hydrogen) atoms. The second-order valence-corrected chi connectivity index (χ2v) is 7.20. The van der Waals surface area contributed by atoms with E-state index in [1.165, 1.54) is 0 Å². The Kier molecular flexibility index (Phi) is 4.80. The van der Waals surface area contributed by atoms with Gasteiger partial charge in [-0.25, -0.2) is 4.98 Å². The topological polar surface area (TPSA) is 62.1 Å². The van der Waals surface area contributed by atoms with Crippen molar-refractivity contribution in [3.8, 4) is 11.5 Å². The zero-order valence-corrected chi connectivity index (χ0v) is 14.7. The third-order valence-corrected chi connectivity index (χ3v) is 5.40. The molecule has 1 fully saturated rings. The Balaban J connectivity index is 1.85. The molecule has 3 rings (SSSR count). The van der Waals surface area contributed by atoms with E-state index < -0.39 is 0 Å². The number of hydrogen-bond acceptors (Lipinski definition) is 4. The van der Waals surface area contributed by atoms with Gasteiger partial charge in [-0.15, -0.1) is 0 Å². The van der Waals surface area contributed by atoms with E-state index in [1.807, 2.05) is 37.3 Å². The van der Waals surface area contributed by atoms with Crippen molar-refractivity contribution in [2.24, 2.45) is 0 Å². The molecule has 2 unspecified atom stereocenters. The van der Waals surface area contributed by atoms with Gasteiger partial charge in [-0.05, 0) is 51.0 Å². The van der Waals surface area contributed by atoms with Gasteiger partial charge in [0.25, 0.3) is 0 Å². The van der Waals surface area contributed by atoms with Crippen LogP contribution in [0.5, 0.6) is 0 Å². The van der Waals surface area contributed by atoms with Crippen LogP contribution in [0.4, 0.5) is 0 Å². The molecule has 3 heterocycles. The van der Waals surface area contributed by atoms with Crippen LogP contribution in [-0.2, 0) is 4.79 Å². The first-order chi connectivity index (χ1) is 11.1. The Labute approximate surface area is 140 Å². The lowest BCUT2D eigenvalue weighted by molar-refractivity contribution is -0.134. The standard InChI is InChI=1S/C17H23N3O2S/c1-11-7-9-22-15(11)13-10-18-16(19-13)14-6-4-5-8-20(14)17(21)12(2)23-3/h7,9-10,12,14H,4-6,8H2,1-3H3,(H,18,19). The SMILES string of the molecule is CSC(C)C(=O)N1CCCCC1c1nc(-c2occc2C)c[nH]1. The Bertz CT molecular complexity index is 679. The number of furan rings is 1. The van der Waals surface area contributed by atoms with Gasteiger partial charge >= 0.3 is 0 Å². The molecule has 1 aliphatic rings. The van der Waals surface area contributed by atoms with E-state index in [2.05, 4.69) is 4.98 Å². The van der Waals surface area contributed by atoms with Crippen molar-refractivity contribution in [3.63, 3.8) is 0 Å². The molecular formula is C17H23N3O2S. The highest BCUT2D eigenvalue weighted by Crippen LogP contribution is 2.32. The highest BCUT2D eigenvalue weighted by Gasteiger charge is 2.32. The van der Waals surface area contributed by atoms with Crippen molar-refractivity contribution in [3.05, 3.63) is 29.9 Å². The Hall–Kier alpha value is -1.69. The summed E-state index contributed by atoms with van der Waals surface area (Å²) in [6, 6.07) is 1.97. The normalized spacial score (nSPS) is 19.8. The number of carbonyl (C=O) groups excluding carboxylic acids is 1. The van der Waals surface area contributed by atoms with E-state index in [1.54, 1.807) is 18.0 Å². The number of imidazole rings is 1. The number of H-pyrrole nitrogens is 1. The van der Waals surface area contributed by atoms with Gasteiger partial charge in [0.05, 0.1) is 17.6 Å². The van der Waals surface area contributed by atoms with Crippen molar-refractivity contribution in [2.75, 3.05) is 12.8 Å². The van der Waals surface area contributed by atoms with Crippen LogP contribution >= 0.6 is 11.8 Å². The minimum atomic E-state index is -0.0163. The van der Waals surface area contributed by atoms with Gasteiger partial charge in [0.15, 0.2) is 5.76 Å². The summed E-state index contributed by atoms with van der Waals surface area (Å²) in [5, 5.41) is -0.0163. The minimum Gasteiger partial charge on any atom is -0.462 e. The fourth-order valence-corrected chi connectivity index (χ4v) is 3.41. The van der Waals surface area contributed by atoms with Gasteiger partial charge in [0.2, 0.25) is 5.91 Å². The summed E-state index contributed by atoms with van der Waals surface area (Å²) in [5.41, 5.74) is 1.87. The highest BCUT2D eigenvalue weighted by molar-refractivity contribution is 7.99. The van der Waals surface area contributed by atoms with Gasteiger partial charge in [-0.3, -0.25) is 4.79 Å². The fourth-order valence-electron chi connectivity index (χ4n) is 3.07. The van der Waals surface area contributed by atoms with Gasteiger partial charge in [-0.2, -0.15) is 11.8 Å². The number of aromatic nitrogens is 2. The van der Waals surface area contributed by atoms with Crippen molar-refractivity contribution in [2.45, 2.75) is 44.4 Å². The molecule has 6 heteroatoms. The number of thioether (sulfide) groups is 1. The maximum Gasteiger partial charge on any atom is 0.236 e. The average Bonchev–Trinajstić information content (AvgIpc) is 3.22. The van der Waals surface area contributed by atoms with E-state index >= 15 is 0 Å². The van der Waals surface area contributed by atoms with Crippen LogP contribution in [0.3, 0.4) is 0 Å². The third kappa shape index (κ3) is 3.17. The molecule has 2 aromatic heterocycles. The molecule has 0 aromatic carbocycles. The van der Waals surface area contributed by atoms with E-state index in [4.69, 9.17) is 9.40 Å². The van der Waals surface area contributed by atoms with Crippen molar-refractivity contribution in [1.82, 2.24) is 14.9 Å². The van der Waals surface area contributed by atoms with E-state index in [0.29, 0.717) is 0 Å². The van der Waals surface area contributed by atoms with Gasteiger partial charge < -0.3 is 14.3 Å². The number of amides is 1. The third-order valence-electron chi connectivity index (χ3n) is 4.50. The summed E-state index contributed by atoms with van der Waals surface area (Å²) in [6.45, 7) is 4.78. The Morgan fingerprint density at radius 3 is 3.04 bits per heavy atom. The number of aryl methyl sites for hydroxylation is 1. The summed E-state index contributed by atoms with van der Waals surface area (Å²) in [6.07, 6.45) is 8.67. The van der Waals surface area contributed by atoms with Crippen LogP contribution in [0.1, 0.15) is 43.6 Å². The number of carbonyl (C=O) groups is 1. The number of rotatable bonds is 4. The highest BCUT2D eigenvalue weighted by atomic mass is 32.2. The van der Waals surface area contributed by atoms with E-state index in [9.17, 15) is 4.79 Å². The lowest BCUT2D eigenvalue weighted by Crippen LogP contribution is -2.42. The van der Waals surface area contributed by atoms with Crippen LogP contribution in [0, 0.1) is 6.92 Å². The van der Waals surface area contributed by atoms with Crippen molar-refractivity contribution >= 4 is 17.7 Å². The number of likely N-dealkylation sites (tertiary alicyclic amines) is 1. The monoisotopic (exact) mass is 333 g/mol. The molecular weight excluding hydrogens is 310 g/mol. The molecule has 124 valence electrons. The molecule has 0 aliphatic carbocycles. The molecule has 5 nitrogen and oxygen atoms in total. The lowest BCUT2D eigenvalue weighted by Gasteiger charge is -2.36. The number of nitrogens with one attached hydrogen (secondary N) is 1. The average molecular weight is 333 g/mol. The summed E-state index contributed by atoms with van der Waals surface area (Å²) in [4.78, 5) is 22.6. The molecule has 0 spiro atoms. The summed E-state index contributed by atoms with van der Waals surface area (Å²) in [5.74, 6) is 1.85. The van der Waals surface area contributed by atoms with Crippen LogP contribution in [0.2, 0.25) is 0 Å². The summed E-state index contributed by atoms with van der Waals surface area (Å²) < 4.78 is 5.51. The minimum absolute atomic E-state index is 0.0163. The number of piperidine rings is 1. The molecule has 1 aliphatic heterocycles. The predicted octanol–water partition coefficient (Wildman–Crippen LogP) is 3.78. The molecule has 2 atom stereocenters. The fraction of sp³-hybridized carbons (Fsp3) is 0.529. The quantitative estimate of drug-likeness (QED) is 0.925. The second kappa shape index (κ2) is 6.83. The van der Waals surface area contributed by atoms with Gasteiger partial charge in [-0.1, -0.05) is 0 Å². The summed E-state index contributed by atoms with van der Waals surface area (Å²) in [7, 11) is 0. The van der Waals surface area contributed by atoms with Crippen LogP contribution in [-0.4, -0.2) is 38.8 Å². The first-order valence-electron chi connectivity index (χ1n) is 8.05. The van der Waals surface area contributed by atoms with Crippen molar-refractivity contribution < 1.29 is 9.21 Å². The Morgan fingerprint density at radius 1 is 1.52 bits per heavy atom. The maximum atomic E-state index is 12.6. The predicted molar refractivity (Wildman–Crippen MR) is 92.3 cm³/mol. The van der Waals surface area contributed by atoms with Gasteiger partial charge in [0.1, 0.15) is 11.5 Å². The smallest absolute Gasteiger partial charge is 0.236 e. The molecule has 1 saturated heterocycles. The lowest BCUT2D eigenvalue weighted by atomic mass is 10.0. The zero-order valence-electron chi connectivity index (χ0n) is 13.8. The van der Waals surface area contributed by atoms with E-state index in [0.717, 1.165) is 48.6 Å². The first-order valence-corrected chi connectivity index (χ1v) is 9.33. The van der Waals surface area contributed by atoms with Crippen molar-refractivity contribution in [1.29, 1.82) is 0 Å². The molecule has 0 radical (unpaired) electrons. The number of aromatic amines is 1. The largest absolute Gasteiger partial charge is 0.462 e. The van der Waals surface area contributed by atoms with E-state index in [-0.39, 0.29) is 17.2 Å². The zero-order chi connectivity index (χ0) is 16.4. The summed E-state index contributed by atoms with van der Waals surface area (Å²) >= 11 is 1.59. The number of nitrogens with zero attached hydrogens (tertiary/aromatic N) is 2. The molecule has 0 bridgehead atoms. The van der Waals surface area contributed by atoms with Crippen LogP contribution < -0.4 is 0 Å². The molecule has 0 saturated carbocycles. The molecule has 1 amide bonds.